The fourth-order valence-electron chi connectivity index (χ4n) is 11.5. The van der Waals surface area contributed by atoms with Crippen LogP contribution in [0, 0.1) is 5.92 Å². The van der Waals surface area contributed by atoms with Crippen molar-refractivity contribution in [2.24, 2.45) is 5.92 Å². The second-order valence-electron chi connectivity index (χ2n) is 18.4. The fraction of sp³-hybridized carbons (Fsp3) is 0.286. The second-order valence-corrected chi connectivity index (χ2v) is 18.4. The molecule has 5 heterocycles. The summed E-state index contributed by atoms with van der Waals surface area (Å²) in [7, 11) is 0. The van der Waals surface area contributed by atoms with E-state index < -0.39 is 65.4 Å². The summed E-state index contributed by atoms with van der Waals surface area (Å²) in [6.07, 6.45) is -0.868. The molecule has 5 aliphatic heterocycles. The van der Waals surface area contributed by atoms with Gasteiger partial charge in [0.25, 0.3) is 0 Å². The molecule has 0 saturated carbocycles. The first-order valence-electron chi connectivity index (χ1n) is 23.9. The summed E-state index contributed by atoms with van der Waals surface area (Å²) in [6, 6.07) is 44.8. The second kappa shape index (κ2) is 18.8. The van der Waals surface area contributed by atoms with Crippen LogP contribution in [0.4, 0.5) is 10.5 Å². The Bertz CT molecular complexity index is 2920. The topological polar surface area (TPSA) is 150 Å². The lowest BCUT2D eigenvalue weighted by Crippen LogP contribution is -2.59. The molecule has 0 radical (unpaired) electrons. The zero-order valence-corrected chi connectivity index (χ0v) is 38.6. The van der Waals surface area contributed by atoms with E-state index in [-0.39, 0.29) is 20.0 Å². The highest BCUT2D eigenvalue weighted by molar-refractivity contribution is 6.24. The van der Waals surface area contributed by atoms with Crippen molar-refractivity contribution in [3.63, 3.8) is 0 Å². The van der Waals surface area contributed by atoms with Gasteiger partial charge in [-0.15, -0.1) is 0 Å². The van der Waals surface area contributed by atoms with E-state index in [0.29, 0.717) is 66.8 Å². The lowest BCUT2D eigenvalue weighted by Gasteiger charge is -2.46. The molecule has 0 bridgehead atoms. The number of amides is 4. The third kappa shape index (κ3) is 7.72. The SMILES string of the molecule is C[C@@H](NC(=O)N1C(=O)[C@@]2(c3ccccc31)[C@H](c1cccc(OCCO)c1)N1[C@H](c3ccccc3)[C@H](c3ccccc3)OC(=O)[C@H]1[C@@H]2C(=O)N1CCN(Cc2ccc3c(c2)OCO3)CC1)c1ccccc1. The van der Waals surface area contributed by atoms with Crippen molar-refractivity contribution in [3.05, 3.63) is 191 Å². The number of urea groups is 1. The minimum atomic E-state index is -1.89. The Labute approximate surface area is 405 Å². The zero-order chi connectivity index (χ0) is 47.9. The van der Waals surface area contributed by atoms with Crippen LogP contribution >= 0.6 is 0 Å². The molecule has 0 unspecified atom stereocenters. The van der Waals surface area contributed by atoms with Crippen molar-refractivity contribution in [1.29, 1.82) is 0 Å². The molecule has 0 aliphatic carbocycles. The van der Waals surface area contributed by atoms with Crippen LogP contribution in [0.25, 0.3) is 0 Å². The van der Waals surface area contributed by atoms with E-state index in [0.717, 1.165) is 22.3 Å². The van der Waals surface area contributed by atoms with Crippen LogP contribution in [0.2, 0.25) is 0 Å². The summed E-state index contributed by atoms with van der Waals surface area (Å²) in [5.41, 5.74) is 2.87. The van der Waals surface area contributed by atoms with Crippen molar-refractivity contribution in [3.8, 4) is 17.2 Å². The fourth-order valence-corrected chi connectivity index (χ4v) is 11.5. The molecule has 70 heavy (non-hydrogen) atoms. The molecule has 0 aromatic heterocycles. The smallest absolute Gasteiger partial charge is 0.329 e. The number of nitrogens with one attached hydrogen (secondary N) is 1. The molecule has 6 aromatic carbocycles. The maximum atomic E-state index is 16.6. The zero-order valence-electron chi connectivity index (χ0n) is 38.6. The number of hydrogen-bond acceptors (Lipinski definition) is 11. The van der Waals surface area contributed by atoms with E-state index in [9.17, 15) is 5.11 Å². The average Bonchev–Trinajstić information content (AvgIpc) is 4.08. The van der Waals surface area contributed by atoms with E-state index in [1.54, 1.807) is 23.1 Å². The van der Waals surface area contributed by atoms with Crippen molar-refractivity contribution < 1.29 is 43.2 Å². The number of aliphatic hydroxyl groups excluding tert-OH is 1. The molecule has 3 fully saturated rings. The number of rotatable bonds is 11. The number of cyclic esters (lactones) is 1. The van der Waals surface area contributed by atoms with E-state index in [4.69, 9.17) is 18.9 Å². The van der Waals surface area contributed by atoms with Gasteiger partial charge in [-0.25, -0.2) is 9.69 Å². The molecule has 7 atom stereocenters. The lowest BCUT2D eigenvalue weighted by molar-refractivity contribution is -0.179. The highest BCUT2D eigenvalue weighted by atomic mass is 16.7. The number of imide groups is 1. The number of esters is 1. The number of anilines is 1. The first-order chi connectivity index (χ1) is 34.3. The van der Waals surface area contributed by atoms with E-state index in [2.05, 4.69) is 10.2 Å². The maximum Gasteiger partial charge on any atom is 0.329 e. The number of carbonyl (C=O) groups excluding carboxylic acids is 4. The Morgan fingerprint density at radius 3 is 2.16 bits per heavy atom. The third-order valence-corrected chi connectivity index (χ3v) is 14.5. The normalized spacial score (nSPS) is 24.2. The highest BCUT2D eigenvalue weighted by Crippen LogP contribution is 2.66. The van der Waals surface area contributed by atoms with Crippen molar-refractivity contribution in [2.75, 3.05) is 51.1 Å². The molecular weight excluding hydrogens is 887 g/mol. The van der Waals surface area contributed by atoms with Crippen molar-refractivity contribution >= 4 is 29.5 Å². The number of piperazine rings is 1. The van der Waals surface area contributed by atoms with Crippen LogP contribution in [-0.2, 0) is 31.1 Å². The summed E-state index contributed by atoms with van der Waals surface area (Å²) >= 11 is 0. The molecule has 4 amide bonds. The van der Waals surface area contributed by atoms with Gasteiger partial charge in [-0.1, -0.05) is 127 Å². The number of morpholine rings is 1. The standard InChI is InChI=1S/C56H53N5O9/c1-36(38-14-5-2-6-15-38)57-55(66)60-44-23-12-11-22-43(44)56(54(60)65)47(52(63)59-28-26-58(27-29-59)34-37-24-25-45-46(32-37)69-35-68-45)49-53(64)70-50(40-18-9-4-10-19-40)48(39-16-7-3-8-17-39)61(49)51(56)41-20-13-21-42(33-41)67-31-30-62/h2-25,32-33,36,47-51,62H,26-31,34-35H2,1H3,(H,57,66)/t36-,47-,48-,49-,50+,51+,56-/m1/s1. The number of nitrogens with zero attached hydrogens (tertiary/aromatic N) is 4. The average molecular weight is 940 g/mol. The maximum absolute atomic E-state index is 16.6. The first-order valence-corrected chi connectivity index (χ1v) is 23.9. The molecule has 6 aromatic rings. The number of hydrogen-bond donors (Lipinski definition) is 2. The predicted octanol–water partition coefficient (Wildman–Crippen LogP) is 7.27. The van der Waals surface area contributed by atoms with Gasteiger partial charge in [-0.05, 0) is 70.6 Å². The number of benzene rings is 6. The third-order valence-electron chi connectivity index (χ3n) is 14.5. The predicted molar refractivity (Wildman–Crippen MR) is 259 cm³/mol. The molecule has 5 aliphatic rings. The van der Waals surface area contributed by atoms with E-state index >= 15 is 19.2 Å². The summed E-state index contributed by atoms with van der Waals surface area (Å²) in [5, 5.41) is 12.9. The molecule has 2 N–H and O–H groups in total. The van der Waals surface area contributed by atoms with Crippen LogP contribution < -0.4 is 24.4 Å². The van der Waals surface area contributed by atoms with Gasteiger partial charge in [0.2, 0.25) is 18.6 Å². The number of ether oxygens (including phenoxy) is 4. The molecule has 14 heteroatoms. The Hall–Kier alpha value is -7.52. The van der Waals surface area contributed by atoms with Gasteiger partial charge in [-0.2, -0.15) is 0 Å². The molecule has 1 spiro atoms. The van der Waals surface area contributed by atoms with Crippen LogP contribution in [0.15, 0.2) is 158 Å². The van der Waals surface area contributed by atoms with Crippen LogP contribution in [0.5, 0.6) is 17.2 Å². The van der Waals surface area contributed by atoms with Gasteiger partial charge in [0, 0.05) is 32.7 Å². The van der Waals surface area contributed by atoms with Gasteiger partial charge in [0.05, 0.1) is 36.3 Å². The minimum Gasteiger partial charge on any atom is -0.491 e. The number of fused-ring (bicyclic) bond motifs is 4. The Kier molecular flexibility index (Phi) is 12.0. The molecule has 14 nitrogen and oxygen atoms in total. The molecule has 3 saturated heterocycles. The number of carbonyl (C=O) groups is 4. The van der Waals surface area contributed by atoms with E-state index in [1.165, 1.54) is 4.90 Å². The van der Waals surface area contributed by atoms with Crippen LogP contribution in [-0.4, -0.2) is 95.8 Å². The van der Waals surface area contributed by atoms with Crippen molar-refractivity contribution in [2.45, 2.75) is 49.2 Å². The lowest BCUT2D eigenvalue weighted by atomic mass is 9.65. The van der Waals surface area contributed by atoms with E-state index in [1.807, 2.05) is 151 Å². The monoisotopic (exact) mass is 939 g/mol. The summed E-state index contributed by atoms with van der Waals surface area (Å²) in [6.45, 7) is 4.10. The molecule has 11 rings (SSSR count). The Morgan fingerprint density at radius 2 is 1.41 bits per heavy atom. The minimum absolute atomic E-state index is 0.0116. The number of aliphatic hydroxyl groups is 1. The Morgan fingerprint density at radius 1 is 0.743 bits per heavy atom. The van der Waals surface area contributed by atoms with Crippen LogP contribution in [0.1, 0.15) is 64.5 Å². The first kappa shape index (κ1) is 45.0. The Balaban J connectivity index is 1.08. The van der Waals surface area contributed by atoms with Gasteiger partial charge >= 0.3 is 12.0 Å². The highest BCUT2D eigenvalue weighted by Gasteiger charge is 2.76. The van der Waals surface area contributed by atoms with Crippen LogP contribution in [0.3, 0.4) is 0 Å². The van der Waals surface area contributed by atoms with Crippen molar-refractivity contribution in [1.82, 2.24) is 20.0 Å². The van der Waals surface area contributed by atoms with Gasteiger partial charge in [0.1, 0.15) is 29.9 Å². The van der Waals surface area contributed by atoms with Gasteiger partial charge in [-0.3, -0.25) is 24.2 Å². The quantitative estimate of drug-likeness (QED) is 0.126. The molecule has 356 valence electrons. The number of para-hydroxylation sites is 1. The largest absolute Gasteiger partial charge is 0.491 e. The summed E-state index contributed by atoms with van der Waals surface area (Å²) in [4.78, 5) is 70.6. The summed E-state index contributed by atoms with van der Waals surface area (Å²) in [5.74, 6) is -1.23. The molecular formula is C56H53N5O9. The van der Waals surface area contributed by atoms with Gasteiger partial charge < -0.3 is 34.3 Å². The van der Waals surface area contributed by atoms with Gasteiger partial charge in [0.15, 0.2) is 11.5 Å². The summed E-state index contributed by atoms with van der Waals surface area (Å²) < 4.78 is 23.9.